The van der Waals surface area contributed by atoms with Crippen LogP contribution in [0.1, 0.15) is 49.5 Å². The smallest absolute Gasteiger partial charge is 0.310 e. The Kier molecular flexibility index (Phi) is 6.75. The first-order chi connectivity index (χ1) is 16.6. The molecule has 1 unspecified atom stereocenters. The standard InChI is InChI=1S/C26H32O9/c1-26(2,3)35-25(29)22-16(11-27)23(28)15-10-18-17(33-12-34-18)9-14(15)21(22)13-7-19(30-4)24(32-6)20(8-13)31-5/h7-10,16,21-23,27-28H,11-12H2,1-6H3/t16-,21+,22-,23?/m0/s1. The zero-order valence-corrected chi connectivity index (χ0v) is 20.8. The molecule has 0 bridgehead atoms. The number of methoxy groups -OCH3 is 3. The van der Waals surface area contributed by atoms with E-state index in [0.29, 0.717) is 45.4 Å². The molecule has 190 valence electrons. The summed E-state index contributed by atoms with van der Waals surface area (Å²) < 4.78 is 33.5. The van der Waals surface area contributed by atoms with Gasteiger partial charge in [0.05, 0.1) is 33.4 Å². The highest BCUT2D eigenvalue weighted by molar-refractivity contribution is 5.77. The van der Waals surface area contributed by atoms with E-state index in [9.17, 15) is 15.0 Å². The van der Waals surface area contributed by atoms with Gasteiger partial charge in [-0.2, -0.15) is 0 Å². The van der Waals surface area contributed by atoms with Crippen LogP contribution in [0.25, 0.3) is 0 Å². The Labute approximate surface area is 204 Å². The van der Waals surface area contributed by atoms with Gasteiger partial charge in [-0.3, -0.25) is 4.79 Å². The van der Waals surface area contributed by atoms with Crippen LogP contribution >= 0.6 is 0 Å². The second-order valence-electron chi connectivity index (χ2n) is 9.62. The quantitative estimate of drug-likeness (QED) is 0.592. The molecule has 4 atom stereocenters. The molecular weight excluding hydrogens is 456 g/mol. The maximum absolute atomic E-state index is 13.6. The van der Waals surface area contributed by atoms with Crippen LogP contribution in [0.2, 0.25) is 0 Å². The number of hydrogen-bond donors (Lipinski definition) is 2. The van der Waals surface area contributed by atoms with Crippen molar-refractivity contribution in [3.05, 3.63) is 41.0 Å². The number of ether oxygens (including phenoxy) is 6. The number of carbonyl (C=O) groups is 1. The number of fused-ring (bicyclic) bond motifs is 2. The molecule has 1 aliphatic carbocycles. The van der Waals surface area contributed by atoms with E-state index in [1.807, 2.05) is 0 Å². The van der Waals surface area contributed by atoms with Gasteiger partial charge in [-0.1, -0.05) is 0 Å². The van der Waals surface area contributed by atoms with E-state index in [1.165, 1.54) is 21.3 Å². The minimum absolute atomic E-state index is 0.0576. The lowest BCUT2D eigenvalue weighted by Gasteiger charge is -2.41. The number of hydrogen-bond acceptors (Lipinski definition) is 9. The van der Waals surface area contributed by atoms with Crippen molar-refractivity contribution >= 4 is 5.97 Å². The molecule has 0 amide bonds. The zero-order chi connectivity index (χ0) is 25.5. The largest absolute Gasteiger partial charge is 0.493 e. The fraction of sp³-hybridized carbons (Fsp3) is 0.500. The van der Waals surface area contributed by atoms with E-state index < -0.39 is 42.0 Å². The van der Waals surface area contributed by atoms with Crippen LogP contribution in [0.4, 0.5) is 0 Å². The molecule has 2 aromatic rings. The van der Waals surface area contributed by atoms with Crippen LogP contribution in [0, 0.1) is 11.8 Å². The van der Waals surface area contributed by atoms with Crippen LogP contribution in [0.15, 0.2) is 24.3 Å². The highest BCUT2D eigenvalue weighted by Gasteiger charge is 2.49. The Balaban J connectivity index is 1.98. The number of benzene rings is 2. The Morgan fingerprint density at radius 1 is 0.971 bits per heavy atom. The molecule has 9 nitrogen and oxygen atoms in total. The van der Waals surface area contributed by atoms with Crippen molar-refractivity contribution in [1.82, 2.24) is 0 Å². The fourth-order valence-electron chi connectivity index (χ4n) is 4.93. The maximum Gasteiger partial charge on any atom is 0.310 e. The van der Waals surface area contributed by atoms with Gasteiger partial charge in [0.1, 0.15) is 5.60 Å². The van der Waals surface area contributed by atoms with Crippen molar-refractivity contribution in [3.8, 4) is 28.7 Å². The molecule has 1 aliphatic heterocycles. The van der Waals surface area contributed by atoms with Gasteiger partial charge in [0.15, 0.2) is 23.0 Å². The zero-order valence-electron chi connectivity index (χ0n) is 20.8. The van der Waals surface area contributed by atoms with Gasteiger partial charge < -0.3 is 38.6 Å². The van der Waals surface area contributed by atoms with Crippen LogP contribution in [-0.4, -0.2) is 56.5 Å². The number of aliphatic hydroxyl groups excluding tert-OH is 2. The molecule has 0 spiro atoms. The summed E-state index contributed by atoms with van der Waals surface area (Å²) in [6.07, 6.45) is -1.12. The van der Waals surface area contributed by atoms with E-state index in [4.69, 9.17) is 28.4 Å². The average Bonchev–Trinajstić information content (AvgIpc) is 3.28. The SMILES string of the molecule is COc1cc([C@@H]2c3cc4c(cc3C(O)[C@@H](CO)[C@@H]2C(=O)OC(C)(C)C)OCO4)cc(OC)c1OC. The molecule has 2 N–H and O–H groups in total. The molecular formula is C26H32O9. The molecule has 2 aromatic carbocycles. The minimum atomic E-state index is -1.12. The average molecular weight is 489 g/mol. The van der Waals surface area contributed by atoms with Gasteiger partial charge in [0.25, 0.3) is 0 Å². The summed E-state index contributed by atoms with van der Waals surface area (Å²) in [7, 11) is 4.54. The summed E-state index contributed by atoms with van der Waals surface area (Å²) in [4.78, 5) is 13.6. The number of esters is 1. The fourth-order valence-corrected chi connectivity index (χ4v) is 4.93. The third kappa shape index (κ3) is 4.46. The molecule has 1 heterocycles. The molecule has 4 rings (SSSR count). The van der Waals surface area contributed by atoms with Crippen molar-refractivity contribution in [2.75, 3.05) is 34.7 Å². The number of aliphatic hydroxyl groups is 2. The monoisotopic (exact) mass is 488 g/mol. The first-order valence-electron chi connectivity index (χ1n) is 11.4. The minimum Gasteiger partial charge on any atom is -0.493 e. The van der Waals surface area contributed by atoms with Gasteiger partial charge in [0.2, 0.25) is 12.5 Å². The van der Waals surface area contributed by atoms with Gasteiger partial charge in [-0.15, -0.1) is 0 Å². The van der Waals surface area contributed by atoms with Crippen LogP contribution in [-0.2, 0) is 9.53 Å². The normalized spacial score (nSPS) is 22.9. The van der Waals surface area contributed by atoms with Crippen molar-refractivity contribution in [2.45, 2.75) is 38.4 Å². The molecule has 0 saturated carbocycles. The van der Waals surface area contributed by atoms with Crippen molar-refractivity contribution in [3.63, 3.8) is 0 Å². The van der Waals surface area contributed by atoms with Crippen molar-refractivity contribution in [1.29, 1.82) is 0 Å². The molecule has 0 fully saturated rings. The van der Waals surface area contributed by atoms with Gasteiger partial charge in [0, 0.05) is 18.4 Å². The first-order valence-corrected chi connectivity index (χ1v) is 11.4. The van der Waals surface area contributed by atoms with Gasteiger partial charge in [-0.05, 0) is 61.7 Å². The molecule has 0 saturated heterocycles. The highest BCUT2D eigenvalue weighted by atomic mass is 16.7. The highest BCUT2D eigenvalue weighted by Crippen LogP contribution is 2.54. The first kappa shape index (κ1) is 24.9. The van der Waals surface area contributed by atoms with Gasteiger partial charge >= 0.3 is 5.97 Å². The van der Waals surface area contributed by atoms with E-state index >= 15 is 0 Å². The van der Waals surface area contributed by atoms with Crippen molar-refractivity contribution in [2.24, 2.45) is 11.8 Å². The lowest BCUT2D eigenvalue weighted by molar-refractivity contribution is -0.166. The Hall–Kier alpha value is -3.17. The molecule has 9 heteroatoms. The summed E-state index contributed by atoms with van der Waals surface area (Å²) in [5.41, 5.74) is 1.11. The Morgan fingerprint density at radius 3 is 2.03 bits per heavy atom. The maximum atomic E-state index is 13.6. The van der Waals surface area contributed by atoms with E-state index in [-0.39, 0.29) is 6.79 Å². The molecule has 0 radical (unpaired) electrons. The molecule has 35 heavy (non-hydrogen) atoms. The second-order valence-corrected chi connectivity index (χ2v) is 9.62. The third-order valence-electron chi connectivity index (χ3n) is 6.39. The lowest BCUT2D eigenvalue weighted by Crippen LogP contribution is -2.43. The Morgan fingerprint density at radius 2 is 1.54 bits per heavy atom. The predicted octanol–water partition coefficient (Wildman–Crippen LogP) is 3.19. The summed E-state index contributed by atoms with van der Waals surface area (Å²) in [6.45, 7) is 4.96. The number of carbonyl (C=O) groups excluding carboxylic acids is 1. The topological polar surface area (TPSA) is 113 Å². The van der Waals surface area contributed by atoms with Crippen molar-refractivity contribution < 1.29 is 43.4 Å². The van der Waals surface area contributed by atoms with E-state index in [1.54, 1.807) is 45.0 Å². The second kappa shape index (κ2) is 9.47. The van der Waals surface area contributed by atoms with Crippen LogP contribution < -0.4 is 23.7 Å². The van der Waals surface area contributed by atoms with Gasteiger partial charge in [-0.25, -0.2) is 0 Å². The van der Waals surface area contributed by atoms with E-state index in [2.05, 4.69) is 0 Å². The summed E-state index contributed by atoms with van der Waals surface area (Å²) in [5.74, 6) is -0.642. The van der Waals surface area contributed by atoms with E-state index in [0.717, 1.165) is 0 Å². The predicted molar refractivity (Wildman–Crippen MR) is 125 cm³/mol. The van der Waals surface area contributed by atoms with Crippen LogP contribution in [0.5, 0.6) is 28.7 Å². The summed E-state index contributed by atoms with van der Waals surface area (Å²) in [6, 6.07) is 7.02. The summed E-state index contributed by atoms with van der Waals surface area (Å²) in [5, 5.41) is 21.6. The van der Waals surface area contributed by atoms with Crippen LogP contribution in [0.3, 0.4) is 0 Å². The third-order valence-corrected chi connectivity index (χ3v) is 6.39. The summed E-state index contributed by atoms with van der Waals surface area (Å²) >= 11 is 0. The molecule has 2 aliphatic rings. The number of rotatable bonds is 6. The molecule has 0 aromatic heterocycles. The Bertz CT molecular complexity index is 1080. The lowest BCUT2D eigenvalue weighted by atomic mass is 9.65.